The summed E-state index contributed by atoms with van der Waals surface area (Å²) in [5, 5.41) is 13.2. The molecule has 1 aliphatic heterocycles. The maximum Gasteiger partial charge on any atom is 0.246 e. The molecule has 1 saturated heterocycles. The Bertz CT molecular complexity index is 1090. The number of nitrogens with zero attached hydrogens (tertiary/aromatic N) is 1. The van der Waals surface area contributed by atoms with Crippen LogP contribution < -0.4 is 10.1 Å². The van der Waals surface area contributed by atoms with Gasteiger partial charge in [0.1, 0.15) is 6.10 Å². The molecule has 1 fully saturated rings. The lowest BCUT2D eigenvalue weighted by atomic mass is 10.0. The first kappa shape index (κ1) is 25.5. The third-order valence-corrected chi connectivity index (χ3v) is 6.43. The summed E-state index contributed by atoms with van der Waals surface area (Å²) in [6, 6.07) is 25.7. The van der Waals surface area contributed by atoms with Gasteiger partial charge in [-0.05, 0) is 47.7 Å². The summed E-state index contributed by atoms with van der Waals surface area (Å²) >= 11 is 0. The SMILES string of the molecule is COc1cc(C=CC(=O)N2CCNCC2CCCOC(c2ccccc2)c2ccccc2)ccc1O. The van der Waals surface area contributed by atoms with Gasteiger partial charge in [0.2, 0.25) is 5.91 Å². The first-order valence-electron chi connectivity index (χ1n) is 12.4. The van der Waals surface area contributed by atoms with E-state index in [1.807, 2.05) is 41.3 Å². The molecule has 3 aromatic rings. The number of hydrogen-bond donors (Lipinski definition) is 2. The lowest BCUT2D eigenvalue weighted by Crippen LogP contribution is -2.53. The summed E-state index contributed by atoms with van der Waals surface area (Å²) in [5.74, 6) is 0.446. The standard InChI is InChI=1S/C30H34N2O4/c1-35-28-21-23(14-16-27(28)33)15-17-29(34)32-19-18-31-22-26(32)13-8-20-36-30(24-9-4-2-5-10-24)25-11-6-3-7-12-25/h2-7,9-12,14-17,21,26,30-31,33H,8,13,18-20,22H2,1H3. The summed E-state index contributed by atoms with van der Waals surface area (Å²) in [5.41, 5.74) is 3.07. The number of carbonyl (C=O) groups is 1. The summed E-state index contributed by atoms with van der Waals surface area (Å²) in [6.07, 6.45) is 4.96. The van der Waals surface area contributed by atoms with Crippen molar-refractivity contribution in [2.75, 3.05) is 33.4 Å². The number of phenols is 1. The van der Waals surface area contributed by atoms with Crippen molar-refractivity contribution in [3.63, 3.8) is 0 Å². The smallest absolute Gasteiger partial charge is 0.246 e. The molecule has 0 aromatic heterocycles. The van der Waals surface area contributed by atoms with Crippen LogP contribution in [0.2, 0.25) is 0 Å². The number of hydrogen-bond acceptors (Lipinski definition) is 5. The summed E-state index contributed by atoms with van der Waals surface area (Å²) in [6.45, 7) is 2.83. The lowest BCUT2D eigenvalue weighted by Gasteiger charge is -2.36. The largest absolute Gasteiger partial charge is 0.504 e. The number of carbonyl (C=O) groups excluding carboxylic acids is 1. The van der Waals surface area contributed by atoms with E-state index in [1.165, 1.54) is 7.11 Å². The van der Waals surface area contributed by atoms with Gasteiger partial charge in [0.25, 0.3) is 0 Å². The number of ether oxygens (including phenoxy) is 2. The number of nitrogens with one attached hydrogen (secondary N) is 1. The van der Waals surface area contributed by atoms with Gasteiger partial charge in [-0.3, -0.25) is 4.79 Å². The van der Waals surface area contributed by atoms with E-state index in [0.29, 0.717) is 18.9 Å². The lowest BCUT2D eigenvalue weighted by molar-refractivity contribution is -0.129. The molecular formula is C30H34N2O4. The molecule has 6 nitrogen and oxygen atoms in total. The fourth-order valence-corrected chi connectivity index (χ4v) is 4.53. The van der Waals surface area contributed by atoms with Crippen LogP contribution >= 0.6 is 0 Å². The van der Waals surface area contributed by atoms with E-state index in [9.17, 15) is 9.90 Å². The molecule has 0 bridgehead atoms. The number of piperazine rings is 1. The Hall–Kier alpha value is -3.61. The van der Waals surface area contributed by atoms with Crippen molar-refractivity contribution in [2.45, 2.75) is 25.0 Å². The van der Waals surface area contributed by atoms with Crippen LogP contribution in [-0.4, -0.2) is 55.3 Å². The molecule has 1 atom stereocenters. The van der Waals surface area contributed by atoms with E-state index in [-0.39, 0.29) is 23.8 Å². The number of methoxy groups -OCH3 is 1. The molecule has 0 saturated carbocycles. The van der Waals surface area contributed by atoms with Gasteiger partial charge in [0, 0.05) is 38.4 Å². The van der Waals surface area contributed by atoms with Crippen molar-refractivity contribution in [1.82, 2.24) is 10.2 Å². The number of rotatable bonds is 10. The van der Waals surface area contributed by atoms with Crippen LogP contribution in [0, 0.1) is 0 Å². The maximum atomic E-state index is 13.0. The molecule has 0 spiro atoms. The van der Waals surface area contributed by atoms with Crippen LogP contribution in [0.4, 0.5) is 0 Å². The fraction of sp³-hybridized carbons (Fsp3) is 0.300. The van der Waals surface area contributed by atoms with E-state index in [2.05, 4.69) is 29.6 Å². The van der Waals surface area contributed by atoms with Crippen LogP contribution in [0.5, 0.6) is 11.5 Å². The number of benzene rings is 3. The van der Waals surface area contributed by atoms with E-state index < -0.39 is 0 Å². The number of phenolic OH excluding ortho intramolecular Hbond substituents is 1. The van der Waals surface area contributed by atoms with Gasteiger partial charge in [0.15, 0.2) is 11.5 Å². The van der Waals surface area contributed by atoms with Crippen molar-refractivity contribution in [1.29, 1.82) is 0 Å². The molecule has 36 heavy (non-hydrogen) atoms. The predicted octanol–water partition coefficient (Wildman–Crippen LogP) is 4.80. The van der Waals surface area contributed by atoms with Gasteiger partial charge < -0.3 is 24.8 Å². The van der Waals surface area contributed by atoms with Crippen molar-refractivity contribution in [3.05, 3.63) is 102 Å². The Morgan fingerprint density at radius 1 is 1.08 bits per heavy atom. The van der Waals surface area contributed by atoms with Gasteiger partial charge in [0.05, 0.1) is 7.11 Å². The second-order valence-electron chi connectivity index (χ2n) is 8.87. The zero-order valence-corrected chi connectivity index (χ0v) is 20.7. The Morgan fingerprint density at radius 2 is 1.78 bits per heavy atom. The highest BCUT2D eigenvalue weighted by molar-refractivity contribution is 5.92. The highest BCUT2D eigenvalue weighted by Crippen LogP contribution is 2.27. The summed E-state index contributed by atoms with van der Waals surface area (Å²) in [4.78, 5) is 15.0. The van der Waals surface area contributed by atoms with Crippen LogP contribution in [-0.2, 0) is 9.53 Å². The van der Waals surface area contributed by atoms with Crippen LogP contribution in [0.15, 0.2) is 84.9 Å². The third kappa shape index (κ3) is 6.74. The predicted molar refractivity (Wildman–Crippen MR) is 142 cm³/mol. The van der Waals surface area contributed by atoms with E-state index in [0.717, 1.165) is 42.6 Å². The Balaban J connectivity index is 1.34. The highest BCUT2D eigenvalue weighted by atomic mass is 16.5. The van der Waals surface area contributed by atoms with Gasteiger partial charge in [-0.15, -0.1) is 0 Å². The first-order chi connectivity index (χ1) is 17.7. The van der Waals surface area contributed by atoms with E-state index >= 15 is 0 Å². The van der Waals surface area contributed by atoms with Gasteiger partial charge >= 0.3 is 0 Å². The molecule has 1 aliphatic rings. The molecule has 4 rings (SSSR count). The second-order valence-corrected chi connectivity index (χ2v) is 8.87. The molecule has 188 valence electrons. The van der Waals surface area contributed by atoms with Gasteiger partial charge in [-0.2, -0.15) is 0 Å². The minimum absolute atomic E-state index is 0.0130. The highest BCUT2D eigenvalue weighted by Gasteiger charge is 2.25. The zero-order chi connectivity index (χ0) is 25.2. The normalized spacial score (nSPS) is 15.9. The second kappa shape index (κ2) is 12.9. The average Bonchev–Trinajstić information content (AvgIpc) is 2.93. The van der Waals surface area contributed by atoms with E-state index in [4.69, 9.17) is 9.47 Å². The number of amides is 1. The Labute approximate surface area is 213 Å². The molecule has 1 unspecified atom stereocenters. The van der Waals surface area contributed by atoms with Crippen molar-refractivity contribution in [2.24, 2.45) is 0 Å². The number of aromatic hydroxyl groups is 1. The average molecular weight is 487 g/mol. The Morgan fingerprint density at radius 3 is 2.44 bits per heavy atom. The van der Waals surface area contributed by atoms with Gasteiger partial charge in [-0.25, -0.2) is 0 Å². The molecule has 1 amide bonds. The van der Waals surface area contributed by atoms with Crippen LogP contribution in [0.25, 0.3) is 6.08 Å². The monoisotopic (exact) mass is 486 g/mol. The molecular weight excluding hydrogens is 452 g/mol. The van der Waals surface area contributed by atoms with Crippen LogP contribution in [0.1, 0.15) is 35.6 Å². The van der Waals surface area contributed by atoms with Crippen LogP contribution in [0.3, 0.4) is 0 Å². The molecule has 0 aliphatic carbocycles. The molecule has 1 heterocycles. The van der Waals surface area contributed by atoms with E-state index in [1.54, 1.807) is 30.4 Å². The minimum atomic E-state index is -0.111. The van der Waals surface area contributed by atoms with Gasteiger partial charge in [-0.1, -0.05) is 66.7 Å². The molecule has 2 N–H and O–H groups in total. The fourth-order valence-electron chi connectivity index (χ4n) is 4.53. The molecule has 3 aromatic carbocycles. The topological polar surface area (TPSA) is 71.0 Å². The molecule has 6 heteroatoms. The molecule has 0 radical (unpaired) electrons. The maximum absolute atomic E-state index is 13.0. The minimum Gasteiger partial charge on any atom is -0.504 e. The summed E-state index contributed by atoms with van der Waals surface area (Å²) < 4.78 is 11.5. The van der Waals surface area contributed by atoms with Crippen molar-refractivity contribution in [3.8, 4) is 11.5 Å². The Kier molecular flexibility index (Phi) is 9.14. The summed E-state index contributed by atoms with van der Waals surface area (Å²) in [7, 11) is 1.50. The third-order valence-electron chi connectivity index (χ3n) is 6.43. The zero-order valence-electron chi connectivity index (χ0n) is 20.7. The quantitative estimate of drug-likeness (QED) is 0.318. The van der Waals surface area contributed by atoms with Crippen molar-refractivity contribution < 1.29 is 19.4 Å². The van der Waals surface area contributed by atoms with Crippen molar-refractivity contribution >= 4 is 12.0 Å². The first-order valence-corrected chi connectivity index (χ1v) is 12.4.